The predicted octanol–water partition coefficient (Wildman–Crippen LogP) is 5.85. The maximum Gasteiger partial charge on any atom is 0.519 e. The molecule has 0 radical (unpaired) electrons. The monoisotopic (exact) mass is 539 g/mol. The largest absolute Gasteiger partial charge is 0.519 e. The zero-order valence-electron chi connectivity index (χ0n) is 21.9. The fraction of sp³-hybridized carbons (Fsp3) is 0.233. The van der Waals surface area contributed by atoms with E-state index in [4.69, 9.17) is 19.2 Å². The molecular weight excluding hydrogens is 514 g/mol. The van der Waals surface area contributed by atoms with Crippen LogP contribution in [0.4, 0.5) is 10.5 Å². The molecule has 0 saturated heterocycles. The van der Waals surface area contributed by atoms with Crippen LogP contribution in [0.25, 0.3) is 16.6 Å². The summed E-state index contributed by atoms with van der Waals surface area (Å²) < 4.78 is 16.0. The molecule has 10 nitrogen and oxygen atoms in total. The quantitative estimate of drug-likeness (QED) is 0.170. The van der Waals surface area contributed by atoms with Gasteiger partial charge in [-0.25, -0.2) is 9.78 Å². The van der Waals surface area contributed by atoms with Crippen LogP contribution in [0, 0.1) is 16.0 Å². The summed E-state index contributed by atoms with van der Waals surface area (Å²) in [4.78, 5) is 42.3. The molecule has 1 atom stereocenters. The van der Waals surface area contributed by atoms with Crippen molar-refractivity contribution < 1.29 is 28.7 Å². The third kappa shape index (κ3) is 4.08. The first kappa shape index (κ1) is 25.3. The molecule has 6 rings (SSSR count). The Bertz CT molecular complexity index is 1690. The first-order chi connectivity index (χ1) is 19.3. The second-order valence-electron chi connectivity index (χ2n) is 9.72. The van der Waals surface area contributed by atoms with Crippen molar-refractivity contribution in [1.29, 1.82) is 0 Å². The Labute approximate surface area is 229 Å². The zero-order valence-corrected chi connectivity index (χ0v) is 21.9. The van der Waals surface area contributed by atoms with Gasteiger partial charge in [0.1, 0.15) is 18.1 Å². The zero-order chi connectivity index (χ0) is 28.1. The molecule has 0 spiro atoms. The lowest BCUT2D eigenvalue weighted by Crippen LogP contribution is -2.32. The second-order valence-corrected chi connectivity index (χ2v) is 9.72. The maximum atomic E-state index is 12.4. The van der Waals surface area contributed by atoms with E-state index >= 15 is 0 Å². The Hall–Kier alpha value is -4.99. The van der Waals surface area contributed by atoms with Crippen molar-refractivity contribution in [3.8, 4) is 11.5 Å². The number of carbonyl (C=O) groups excluding carboxylic acids is 2. The van der Waals surface area contributed by atoms with E-state index in [0.717, 1.165) is 56.7 Å². The summed E-state index contributed by atoms with van der Waals surface area (Å²) in [7, 11) is 0. The topological polar surface area (TPSA) is 121 Å². The lowest BCUT2D eigenvalue weighted by Gasteiger charge is -2.35. The van der Waals surface area contributed by atoms with E-state index in [1.165, 1.54) is 24.3 Å². The summed E-state index contributed by atoms with van der Waals surface area (Å²) in [6.45, 7) is 9.18. The molecule has 3 aliphatic heterocycles. The van der Waals surface area contributed by atoms with E-state index in [2.05, 4.69) is 24.5 Å². The van der Waals surface area contributed by atoms with Crippen LogP contribution in [0.5, 0.6) is 11.5 Å². The van der Waals surface area contributed by atoms with Crippen molar-refractivity contribution in [2.45, 2.75) is 33.2 Å². The number of hydrogen-bond donors (Lipinski definition) is 0. The van der Waals surface area contributed by atoms with Gasteiger partial charge in [0.05, 0.1) is 34.3 Å². The number of non-ortho nitro benzene ring substituents is 1. The molecular formula is C30H25N3O7. The molecule has 40 heavy (non-hydrogen) atoms. The van der Waals surface area contributed by atoms with E-state index in [9.17, 15) is 19.7 Å². The molecule has 2 aromatic carbocycles. The molecule has 4 heterocycles. The van der Waals surface area contributed by atoms with Gasteiger partial charge >= 0.3 is 12.1 Å². The molecule has 202 valence electrons. The number of hydrogen-bond acceptors (Lipinski definition) is 9. The summed E-state index contributed by atoms with van der Waals surface area (Å²) in [5.74, 6) is -0.119. The van der Waals surface area contributed by atoms with Gasteiger partial charge in [-0.2, -0.15) is 0 Å². The average molecular weight is 540 g/mol. The number of allylic oxidation sites excluding steroid dienone is 1. The molecule has 0 saturated carbocycles. The fourth-order valence-electron chi connectivity index (χ4n) is 5.60. The van der Waals surface area contributed by atoms with Crippen LogP contribution < -0.4 is 9.47 Å². The number of fused-ring (bicyclic) bond motifs is 4. The van der Waals surface area contributed by atoms with Crippen LogP contribution >= 0.6 is 0 Å². The van der Waals surface area contributed by atoms with Crippen LogP contribution in [0.1, 0.15) is 37.1 Å². The molecule has 0 unspecified atom stereocenters. The number of nitro groups is 1. The Morgan fingerprint density at radius 3 is 2.60 bits per heavy atom. The number of cyclic esters (lactones) is 1. The van der Waals surface area contributed by atoms with Gasteiger partial charge in [0, 0.05) is 34.4 Å². The number of nitrogens with zero attached hydrogens (tertiary/aromatic N) is 3. The van der Waals surface area contributed by atoms with Crippen LogP contribution in [-0.4, -0.2) is 33.5 Å². The summed E-state index contributed by atoms with van der Waals surface area (Å²) in [6, 6.07) is 10.4. The van der Waals surface area contributed by atoms with E-state index in [0.29, 0.717) is 13.0 Å². The minimum Gasteiger partial charge on any atom is -0.460 e. The Balaban J connectivity index is 1.32. The summed E-state index contributed by atoms with van der Waals surface area (Å²) in [5.41, 5.74) is 7.29. The third-order valence-electron chi connectivity index (χ3n) is 7.57. The number of rotatable bonds is 5. The van der Waals surface area contributed by atoms with Crippen molar-refractivity contribution in [2.24, 2.45) is 5.92 Å². The summed E-state index contributed by atoms with van der Waals surface area (Å²) >= 11 is 0. The first-order valence-electron chi connectivity index (χ1n) is 13.0. The van der Waals surface area contributed by atoms with Gasteiger partial charge in [0.15, 0.2) is 0 Å². The second kappa shape index (κ2) is 9.64. The molecule has 0 amide bonds. The van der Waals surface area contributed by atoms with Crippen molar-refractivity contribution in [3.05, 3.63) is 98.9 Å². The Kier molecular flexibility index (Phi) is 6.10. The average Bonchev–Trinajstić information content (AvgIpc) is 3.30. The van der Waals surface area contributed by atoms with Gasteiger partial charge in [-0.1, -0.05) is 20.4 Å². The third-order valence-corrected chi connectivity index (χ3v) is 7.57. The molecule has 0 bridgehead atoms. The van der Waals surface area contributed by atoms with Crippen LogP contribution in [0.15, 0.2) is 72.0 Å². The van der Waals surface area contributed by atoms with Gasteiger partial charge in [-0.3, -0.25) is 14.9 Å². The van der Waals surface area contributed by atoms with Crippen LogP contribution in [-0.2, 0) is 22.5 Å². The van der Waals surface area contributed by atoms with E-state index in [1.54, 1.807) is 18.2 Å². The van der Waals surface area contributed by atoms with Crippen molar-refractivity contribution >= 4 is 34.4 Å². The summed E-state index contributed by atoms with van der Waals surface area (Å²) in [6.07, 6.45) is 2.46. The Morgan fingerprint density at radius 1 is 1.18 bits per heavy atom. The first-order valence-corrected chi connectivity index (χ1v) is 13.0. The van der Waals surface area contributed by atoms with Crippen molar-refractivity contribution in [2.75, 3.05) is 6.61 Å². The van der Waals surface area contributed by atoms with Gasteiger partial charge < -0.3 is 19.1 Å². The number of carbonyl (C=O) groups is 2. The highest BCUT2D eigenvalue weighted by Gasteiger charge is 2.39. The molecule has 0 aliphatic carbocycles. The predicted molar refractivity (Wildman–Crippen MR) is 145 cm³/mol. The molecule has 3 aliphatic rings. The molecule has 0 N–H and O–H groups in total. The number of aryl methyl sites for hydroxylation is 1. The summed E-state index contributed by atoms with van der Waals surface area (Å²) in [5, 5.41) is 11.7. The minimum absolute atomic E-state index is 0.110. The number of benzene rings is 2. The molecule has 10 heteroatoms. The molecule has 1 aromatic heterocycles. The number of pyridine rings is 1. The number of esters is 1. The lowest BCUT2D eigenvalue weighted by atomic mass is 9.86. The highest BCUT2D eigenvalue weighted by atomic mass is 16.7. The van der Waals surface area contributed by atoms with Crippen molar-refractivity contribution in [1.82, 2.24) is 9.88 Å². The number of nitro benzene ring substituents is 1. The van der Waals surface area contributed by atoms with Gasteiger partial charge in [-0.05, 0) is 60.4 Å². The van der Waals surface area contributed by atoms with Crippen LogP contribution in [0.2, 0.25) is 0 Å². The Morgan fingerprint density at radius 2 is 1.90 bits per heavy atom. The lowest BCUT2D eigenvalue weighted by molar-refractivity contribution is -0.384. The van der Waals surface area contributed by atoms with Gasteiger partial charge in [0.25, 0.3) is 5.69 Å². The van der Waals surface area contributed by atoms with Crippen molar-refractivity contribution in [3.63, 3.8) is 0 Å². The van der Waals surface area contributed by atoms with E-state index < -0.39 is 11.1 Å². The van der Waals surface area contributed by atoms with Gasteiger partial charge in [0.2, 0.25) is 0 Å². The highest BCUT2D eigenvalue weighted by molar-refractivity contribution is 5.91. The fourth-order valence-corrected chi connectivity index (χ4v) is 5.60. The number of ether oxygens (including phenoxy) is 3. The van der Waals surface area contributed by atoms with Gasteiger partial charge in [-0.15, -0.1) is 0 Å². The minimum atomic E-state index is -0.960. The molecule has 0 fully saturated rings. The van der Waals surface area contributed by atoms with Crippen LogP contribution in [0.3, 0.4) is 0 Å². The normalized spacial score (nSPS) is 17.6. The maximum absolute atomic E-state index is 12.4. The SMILES string of the molecule is C=C1C2=C(C=C3c4nc5ccc(OC(=O)Oc6ccc([N+](=O)[O-])cc6)cc5c(CC)c4CN13)[C@@H](CC)C(=O)OC2. The smallest absolute Gasteiger partial charge is 0.460 e. The molecule has 3 aromatic rings. The standard InChI is InChI=1S/C30H25N3O7/c1-4-20-23-12-19(40-30(35)39-18-8-6-17(7-9-18)33(36)37)10-11-26(23)31-28-24(20)14-32-16(3)25-15-38-29(34)21(5-2)22(25)13-27(28)32/h6-13,21H,3-5,14-15H2,1-2H3/t21-/m1/s1. The number of aromatic nitrogens is 1. The van der Waals surface area contributed by atoms with E-state index in [1.807, 2.05) is 6.92 Å². The highest BCUT2D eigenvalue weighted by Crippen LogP contribution is 2.46. The van der Waals surface area contributed by atoms with E-state index in [-0.39, 0.29) is 35.7 Å².